The summed E-state index contributed by atoms with van der Waals surface area (Å²) >= 11 is 0. The van der Waals surface area contributed by atoms with Crippen LogP contribution in [0.3, 0.4) is 0 Å². The monoisotopic (exact) mass is 381 g/mol. The summed E-state index contributed by atoms with van der Waals surface area (Å²) in [5, 5.41) is 0. The van der Waals surface area contributed by atoms with Crippen LogP contribution in [-0.4, -0.2) is 36.5 Å². The van der Waals surface area contributed by atoms with Crippen molar-refractivity contribution in [2.45, 2.75) is 19.3 Å². The van der Waals surface area contributed by atoms with Gasteiger partial charge in [0.25, 0.3) is 5.91 Å². The zero-order valence-electron chi connectivity index (χ0n) is 15.7. The number of ether oxygens (including phenoxy) is 1. The van der Waals surface area contributed by atoms with Gasteiger partial charge in [0.05, 0.1) is 0 Å². The molecule has 0 N–H and O–H groups in total. The van der Waals surface area contributed by atoms with E-state index in [1.165, 1.54) is 29.8 Å². The highest BCUT2D eigenvalue weighted by Gasteiger charge is 2.23. The smallest absolute Gasteiger partial charge is 0.331 e. The Kier molecular flexibility index (Phi) is 6.95. The molecule has 1 saturated heterocycles. The zero-order chi connectivity index (χ0) is 19.8. The molecule has 1 aliphatic heterocycles. The maximum atomic E-state index is 12.8. The standard InChI is InChI=1S/C23H24FNO3/c24-21-9-6-18(7-10-21)8-11-23(27)28-17-22(26)25-14-12-20(13-15-25)16-19-4-2-1-3-5-19/h1-11,20H,12-17H2/b11-8+. The minimum Gasteiger partial charge on any atom is -0.452 e. The van der Waals surface area contributed by atoms with Gasteiger partial charge in [-0.2, -0.15) is 0 Å². The number of benzene rings is 2. The fourth-order valence-electron chi connectivity index (χ4n) is 3.34. The summed E-state index contributed by atoms with van der Waals surface area (Å²) in [7, 11) is 0. The Morgan fingerprint density at radius 3 is 2.39 bits per heavy atom. The fraction of sp³-hybridized carbons (Fsp3) is 0.304. The molecule has 3 rings (SSSR count). The van der Waals surface area contributed by atoms with Gasteiger partial charge in [0.2, 0.25) is 0 Å². The molecule has 0 aromatic heterocycles. The van der Waals surface area contributed by atoms with Gasteiger partial charge in [0, 0.05) is 19.2 Å². The van der Waals surface area contributed by atoms with Crippen LogP contribution in [0.25, 0.3) is 6.08 Å². The normalized spacial score (nSPS) is 15.0. The van der Waals surface area contributed by atoms with Gasteiger partial charge in [-0.05, 0) is 54.5 Å². The third-order valence-corrected chi connectivity index (χ3v) is 4.95. The second-order valence-corrected chi connectivity index (χ2v) is 7.01. The quantitative estimate of drug-likeness (QED) is 0.564. The Balaban J connectivity index is 1.38. The highest BCUT2D eigenvalue weighted by Crippen LogP contribution is 2.21. The molecular formula is C23H24FNO3. The summed E-state index contributed by atoms with van der Waals surface area (Å²) in [5.41, 5.74) is 2.01. The Morgan fingerprint density at radius 1 is 1.04 bits per heavy atom. The van der Waals surface area contributed by atoms with Crippen molar-refractivity contribution in [3.05, 3.63) is 77.6 Å². The van der Waals surface area contributed by atoms with E-state index in [1.54, 1.807) is 17.0 Å². The summed E-state index contributed by atoms with van der Waals surface area (Å²) in [5.74, 6) is -0.510. The fourth-order valence-corrected chi connectivity index (χ4v) is 3.34. The summed E-state index contributed by atoms with van der Waals surface area (Å²) in [6.45, 7) is 1.13. The van der Waals surface area contributed by atoms with E-state index in [1.807, 2.05) is 18.2 Å². The van der Waals surface area contributed by atoms with E-state index in [-0.39, 0.29) is 18.3 Å². The van der Waals surface area contributed by atoms with E-state index in [0.717, 1.165) is 19.3 Å². The van der Waals surface area contributed by atoms with Gasteiger partial charge in [-0.25, -0.2) is 9.18 Å². The number of piperidine rings is 1. The van der Waals surface area contributed by atoms with Gasteiger partial charge in [0.15, 0.2) is 6.61 Å². The first-order chi connectivity index (χ1) is 13.6. The molecule has 0 radical (unpaired) electrons. The van der Waals surface area contributed by atoms with E-state index < -0.39 is 5.97 Å². The van der Waals surface area contributed by atoms with Crippen LogP contribution < -0.4 is 0 Å². The molecule has 0 aliphatic carbocycles. The van der Waals surface area contributed by atoms with Gasteiger partial charge >= 0.3 is 5.97 Å². The minimum absolute atomic E-state index is 0.165. The molecule has 4 nitrogen and oxygen atoms in total. The predicted molar refractivity (Wildman–Crippen MR) is 106 cm³/mol. The van der Waals surface area contributed by atoms with Crippen molar-refractivity contribution in [2.24, 2.45) is 5.92 Å². The average Bonchev–Trinajstić information content (AvgIpc) is 2.73. The molecule has 0 atom stereocenters. The van der Waals surface area contributed by atoms with Crippen LogP contribution in [0.2, 0.25) is 0 Å². The Morgan fingerprint density at radius 2 is 1.71 bits per heavy atom. The lowest BCUT2D eigenvalue weighted by molar-refractivity contribution is -0.148. The number of carbonyl (C=O) groups is 2. The molecule has 0 saturated carbocycles. The lowest BCUT2D eigenvalue weighted by Crippen LogP contribution is -2.41. The molecule has 1 amide bonds. The maximum absolute atomic E-state index is 12.8. The highest BCUT2D eigenvalue weighted by molar-refractivity contribution is 5.89. The van der Waals surface area contributed by atoms with Crippen LogP contribution in [0.15, 0.2) is 60.7 Å². The van der Waals surface area contributed by atoms with Crippen LogP contribution >= 0.6 is 0 Å². The third-order valence-electron chi connectivity index (χ3n) is 4.95. The van der Waals surface area contributed by atoms with Crippen LogP contribution in [-0.2, 0) is 20.7 Å². The minimum atomic E-state index is -0.586. The number of likely N-dealkylation sites (tertiary alicyclic amines) is 1. The number of esters is 1. The van der Waals surface area contributed by atoms with Crippen molar-refractivity contribution in [1.82, 2.24) is 4.90 Å². The number of halogens is 1. The molecule has 2 aromatic rings. The first kappa shape index (κ1) is 19.8. The zero-order valence-corrected chi connectivity index (χ0v) is 15.7. The molecule has 0 bridgehead atoms. The van der Waals surface area contributed by atoms with Crippen LogP contribution in [0.1, 0.15) is 24.0 Å². The van der Waals surface area contributed by atoms with Crippen LogP contribution in [0.5, 0.6) is 0 Å². The third kappa shape index (κ3) is 6.05. The van der Waals surface area contributed by atoms with Crippen molar-refractivity contribution in [3.63, 3.8) is 0 Å². The maximum Gasteiger partial charge on any atom is 0.331 e. The second kappa shape index (κ2) is 9.83. The Bertz CT molecular complexity index is 810. The van der Waals surface area contributed by atoms with E-state index in [9.17, 15) is 14.0 Å². The molecule has 28 heavy (non-hydrogen) atoms. The molecule has 0 spiro atoms. The molecular weight excluding hydrogens is 357 g/mol. The molecule has 146 valence electrons. The number of rotatable bonds is 6. The number of hydrogen-bond donors (Lipinski definition) is 0. The van der Waals surface area contributed by atoms with Gasteiger partial charge in [-0.1, -0.05) is 42.5 Å². The topological polar surface area (TPSA) is 46.6 Å². The van der Waals surface area contributed by atoms with Gasteiger partial charge < -0.3 is 9.64 Å². The van der Waals surface area contributed by atoms with E-state index in [2.05, 4.69) is 12.1 Å². The number of amides is 1. The lowest BCUT2D eigenvalue weighted by atomic mass is 9.90. The summed E-state index contributed by atoms with van der Waals surface area (Å²) in [6, 6.07) is 16.1. The molecule has 1 heterocycles. The molecule has 0 unspecified atom stereocenters. The Hall–Kier alpha value is -2.95. The van der Waals surface area contributed by atoms with Crippen LogP contribution in [0.4, 0.5) is 4.39 Å². The Labute approximate surface area is 164 Å². The van der Waals surface area contributed by atoms with Crippen molar-refractivity contribution < 1.29 is 18.7 Å². The molecule has 2 aromatic carbocycles. The summed E-state index contributed by atoms with van der Waals surface area (Å²) in [4.78, 5) is 25.8. The molecule has 1 fully saturated rings. The predicted octanol–water partition coefficient (Wildman–Crippen LogP) is 3.86. The van der Waals surface area contributed by atoms with Gasteiger partial charge in [-0.3, -0.25) is 4.79 Å². The average molecular weight is 381 g/mol. The van der Waals surface area contributed by atoms with Crippen molar-refractivity contribution in [2.75, 3.05) is 19.7 Å². The summed E-state index contributed by atoms with van der Waals surface area (Å²) in [6.07, 6.45) is 5.72. The SMILES string of the molecule is O=C(/C=C/c1ccc(F)cc1)OCC(=O)N1CCC(Cc2ccccc2)CC1. The van der Waals surface area contributed by atoms with Crippen molar-refractivity contribution in [3.8, 4) is 0 Å². The first-order valence-electron chi connectivity index (χ1n) is 9.52. The lowest BCUT2D eigenvalue weighted by Gasteiger charge is -2.32. The van der Waals surface area contributed by atoms with Crippen LogP contribution in [0, 0.1) is 11.7 Å². The van der Waals surface area contributed by atoms with E-state index >= 15 is 0 Å². The van der Waals surface area contributed by atoms with Gasteiger partial charge in [-0.15, -0.1) is 0 Å². The van der Waals surface area contributed by atoms with Crippen molar-refractivity contribution >= 4 is 18.0 Å². The molecule has 1 aliphatic rings. The van der Waals surface area contributed by atoms with E-state index in [0.29, 0.717) is 24.6 Å². The van der Waals surface area contributed by atoms with Crippen molar-refractivity contribution in [1.29, 1.82) is 0 Å². The summed E-state index contributed by atoms with van der Waals surface area (Å²) < 4.78 is 17.9. The number of nitrogens with zero attached hydrogens (tertiary/aromatic N) is 1. The largest absolute Gasteiger partial charge is 0.452 e. The number of hydrogen-bond acceptors (Lipinski definition) is 3. The van der Waals surface area contributed by atoms with E-state index in [4.69, 9.17) is 4.74 Å². The van der Waals surface area contributed by atoms with Gasteiger partial charge in [0.1, 0.15) is 5.82 Å². The second-order valence-electron chi connectivity index (χ2n) is 7.01. The first-order valence-corrected chi connectivity index (χ1v) is 9.52. The highest BCUT2D eigenvalue weighted by atomic mass is 19.1. The molecule has 5 heteroatoms. The number of carbonyl (C=O) groups excluding carboxylic acids is 2.